The molecule has 1 fully saturated rings. The first-order valence-corrected chi connectivity index (χ1v) is 7.67. The van der Waals surface area contributed by atoms with E-state index >= 15 is 0 Å². The number of hydrogen-bond acceptors (Lipinski definition) is 3. The van der Waals surface area contributed by atoms with Crippen molar-refractivity contribution in [2.75, 3.05) is 33.3 Å². The fourth-order valence-electron chi connectivity index (χ4n) is 2.86. The molecule has 19 heavy (non-hydrogen) atoms. The van der Waals surface area contributed by atoms with Crippen molar-refractivity contribution >= 4 is 5.91 Å². The van der Waals surface area contributed by atoms with Crippen LogP contribution in [0, 0.1) is 5.92 Å². The first kappa shape index (κ1) is 16.4. The molecule has 112 valence electrons. The number of likely N-dealkylation sites (N-methyl/N-ethyl adjacent to an activating group) is 1. The smallest absolute Gasteiger partial charge is 0.236 e. The summed E-state index contributed by atoms with van der Waals surface area (Å²) >= 11 is 0. The average Bonchev–Trinajstić information content (AvgIpc) is 2.39. The van der Waals surface area contributed by atoms with Crippen LogP contribution >= 0.6 is 0 Å². The standard InChI is InChI=1S/C15H30N2O2/c1-4-9-17(10-11-18)12-15(19)16(3)14-7-5-13(2)6-8-14/h13-14,18H,4-12H2,1-3H3. The summed E-state index contributed by atoms with van der Waals surface area (Å²) in [5.41, 5.74) is 0. The number of carbonyl (C=O) groups is 1. The molecule has 1 N–H and O–H groups in total. The fraction of sp³-hybridized carbons (Fsp3) is 0.933. The number of hydrogen-bond donors (Lipinski definition) is 1. The maximum atomic E-state index is 12.3. The van der Waals surface area contributed by atoms with Gasteiger partial charge in [-0.05, 0) is 44.6 Å². The molecule has 0 aromatic carbocycles. The highest BCUT2D eigenvalue weighted by atomic mass is 16.3. The van der Waals surface area contributed by atoms with Gasteiger partial charge in [0, 0.05) is 19.6 Å². The minimum atomic E-state index is 0.123. The van der Waals surface area contributed by atoms with Crippen LogP contribution in [0.2, 0.25) is 0 Å². The predicted molar refractivity (Wildman–Crippen MR) is 78.0 cm³/mol. The molecular formula is C15H30N2O2. The van der Waals surface area contributed by atoms with Crippen molar-refractivity contribution < 1.29 is 9.90 Å². The summed E-state index contributed by atoms with van der Waals surface area (Å²) < 4.78 is 0. The van der Waals surface area contributed by atoms with Crippen LogP contribution in [0.5, 0.6) is 0 Å². The highest BCUT2D eigenvalue weighted by Gasteiger charge is 2.25. The van der Waals surface area contributed by atoms with Crippen LogP contribution in [0.25, 0.3) is 0 Å². The minimum Gasteiger partial charge on any atom is -0.395 e. The van der Waals surface area contributed by atoms with Gasteiger partial charge in [-0.3, -0.25) is 9.69 Å². The summed E-state index contributed by atoms with van der Waals surface area (Å²) in [6, 6.07) is 0.418. The molecule has 4 nitrogen and oxygen atoms in total. The summed E-state index contributed by atoms with van der Waals surface area (Å²) in [5.74, 6) is 1.01. The molecule has 0 spiro atoms. The monoisotopic (exact) mass is 270 g/mol. The number of amides is 1. The van der Waals surface area contributed by atoms with E-state index in [0.29, 0.717) is 19.1 Å². The zero-order valence-corrected chi connectivity index (χ0v) is 12.8. The van der Waals surface area contributed by atoms with Gasteiger partial charge in [0.05, 0.1) is 13.2 Å². The lowest BCUT2D eigenvalue weighted by atomic mass is 9.87. The molecule has 1 rings (SSSR count). The SMILES string of the molecule is CCCN(CCO)CC(=O)N(C)C1CCC(C)CC1. The number of aliphatic hydroxyl groups excluding tert-OH is 1. The topological polar surface area (TPSA) is 43.8 Å². The second kappa shape index (κ2) is 8.54. The third kappa shape index (κ3) is 5.49. The van der Waals surface area contributed by atoms with E-state index in [1.54, 1.807) is 0 Å². The van der Waals surface area contributed by atoms with Gasteiger partial charge in [0.1, 0.15) is 0 Å². The van der Waals surface area contributed by atoms with E-state index in [1.165, 1.54) is 12.8 Å². The van der Waals surface area contributed by atoms with Gasteiger partial charge in [-0.15, -0.1) is 0 Å². The van der Waals surface area contributed by atoms with Crippen LogP contribution in [0.3, 0.4) is 0 Å². The largest absolute Gasteiger partial charge is 0.395 e. The lowest BCUT2D eigenvalue weighted by Crippen LogP contribution is -2.45. The third-order valence-electron chi connectivity index (χ3n) is 4.24. The maximum Gasteiger partial charge on any atom is 0.236 e. The molecule has 0 saturated heterocycles. The highest BCUT2D eigenvalue weighted by molar-refractivity contribution is 5.78. The summed E-state index contributed by atoms with van der Waals surface area (Å²) in [6.07, 6.45) is 5.75. The molecule has 0 aromatic rings. The van der Waals surface area contributed by atoms with Gasteiger partial charge in [0.25, 0.3) is 0 Å². The lowest BCUT2D eigenvalue weighted by molar-refractivity contribution is -0.134. The summed E-state index contributed by atoms with van der Waals surface area (Å²) in [4.78, 5) is 16.3. The Balaban J connectivity index is 2.42. The predicted octanol–water partition coefficient (Wildman–Crippen LogP) is 1.73. The highest BCUT2D eigenvalue weighted by Crippen LogP contribution is 2.26. The van der Waals surface area contributed by atoms with E-state index in [4.69, 9.17) is 5.11 Å². The van der Waals surface area contributed by atoms with Gasteiger partial charge >= 0.3 is 0 Å². The van der Waals surface area contributed by atoms with Crippen molar-refractivity contribution in [1.29, 1.82) is 0 Å². The van der Waals surface area contributed by atoms with Crippen LogP contribution in [0.15, 0.2) is 0 Å². The second-order valence-corrected chi connectivity index (χ2v) is 5.92. The Morgan fingerprint density at radius 1 is 1.21 bits per heavy atom. The molecule has 0 aliphatic heterocycles. The Kier molecular flexibility index (Phi) is 7.39. The van der Waals surface area contributed by atoms with E-state index in [0.717, 1.165) is 31.7 Å². The third-order valence-corrected chi connectivity index (χ3v) is 4.24. The number of carbonyl (C=O) groups excluding carboxylic acids is 1. The van der Waals surface area contributed by atoms with E-state index in [9.17, 15) is 4.79 Å². The van der Waals surface area contributed by atoms with Crippen LogP contribution in [-0.4, -0.2) is 60.1 Å². The Hall–Kier alpha value is -0.610. The average molecular weight is 270 g/mol. The number of aliphatic hydroxyl groups is 1. The fourth-order valence-corrected chi connectivity index (χ4v) is 2.86. The second-order valence-electron chi connectivity index (χ2n) is 5.92. The molecule has 0 aromatic heterocycles. The zero-order chi connectivity index (χ0) is 14.3. The van der Waals surface area contributed by atoms with E-state index in [-0.39, 0.29) is 12.5 Å². The molecule has 1 aliphatic carbocycles. The van der Waals surface area contributed by atoms with Crippen molar-refractivity contribution in [3.05, 3.63) is 0 Å². The van der Waals surface area contributed by atoms with Crippen LogP contribution in [0.1, 0.15) is 46.0 Å². The van der Waals surface area contributed by atoms with Crippen molar-refractivity contribution in [2.24, 2.45) is 5.92 Å². The number of nitrogens with zero attached hydrogens (tertiary/aromatic N) is 2. The molecule has 1 saturated carbocycles. The molecule has 0 heterocycles. The maximum absolute atomic E-state index is 12.3. The van der Waals surface area contributed by atoms with Gasteiger partial charge in [-0.25, -0.2) is 0 Å². The quantitative estimate of drug-likeness (QED) is 0.766. The van der Waals surface area contributed by atoms with Crippen molar-refractivity contribution in [1.82, 2.24) is 9.80 Å². The van der Waals surface area contributed by atoms with Crippen molar-refractivity contribution in [2.45, 2.75) is 52.0 Å². The van der Waals surface area contributed by atoms with Crippen LogP contribution < -0.4 is 0 Å². The van der Waals surface area contributed by atoms with E-state index in [2.05, 4.69) is 13.8 Å². The van der Waals surface area contributed by atoms with Crippen molar-refractivity contribution in [3.8, 4) is 0 Å². The van der Waals surface area contributed by atoms with E-state index in [1.807, 2.05) is 16.8 Å². The molecule has 0 atom stereocenters. The normalized spacial score (nSPS) is 23.6. The summed E-state index contributed by atoms with van der Waals surface area (Å²) in [6.45, 7) is 6.43. The van der Waals surface area contributed by atoms with Gasteiger partial charge in [0.2, 0.25) is 5.91 Å². The van der Waals surface area contributed by atoms with Gasteiger partial charge in [0.15, 0.2) is 0 Å². The van der Waals surface area contributed by atoms with Crippen molar-refractivity contribution in [3.63, 3.8) is 0 Å². The van der Waals surface area contributed by atoms with Gasteiger partial charge in [-0.2, -0.15) is 0 Å². The van der Waals surface area contributed by atoms with Crippen LogP contribution in [0.4, 0.5) is 0 Å². The summed E-state index contributed by atoms with van der Waals surface area (Å²) in [5, 5.41) is 9.03. The molecule has 1 aliphatic rings. The summed E-state index contributed by atoms with van der Waals surface area (Å²) in [7, 11) is 1.94. The van der Waals surface area contributed by atoms with E-state index < -0.39 is 0 Å². The Bertz CT molecular complexity index is 257. The Labute approximate surface area is 117 Å². The zero-order valence-electron chi connectivity index (χ0n) is 12.8. The molecular weight excluding hydrogens is 240 g/mol. The molecule has 0 unspecified atom stereocenters. The first-order chi connectivity index (χ1) is 9.08. The Morgan fingerprint density at radius 3 is 2.37 bits per heavy atom. The molecule has 0 radical (unpaired) electrons. The Morgan fingerprint density at radius 2 is 1.84 bits per heavy atom. The first-order valence-electron chi connectivity index (χ1n) is 7.67. The minimum absolute atomic E-state index is 0.123. The van der Waals surface area contributed by atoms with Gasteiger partial charge in [-0.1, -0.05) is 13.8 Å². The lowest BCUT2D eigenvalue weighted by Gasteiger charge is -2.34. The molecule has 0 bridgehead atoms. The molecule has 1 amide bonds. The molecule has 4 heteroatoms. The van der Waals surface area contributed by atoms with Crippen LogP contribution in [-0.2, 0) is 4.79 Å². The van der Waals surface area contributed by atoms with Gasteiger partial charge < -0.3 is 10.0 Å². The number of rotatable bonds is 7.